The van der Waals surface area contributed by atoms with Crippen LogP contribution in [0.2, 0.25) is 0 Å². The van der Waals surface area contributed by atoms with Crippen molar-refractivity contribution in [1.82, 2.24) is 15.5 Å². The summed E-state index contributed by atoms with van der Waals surface area (Å²) in [5.41, 5.74) is 0.909. The van der Waals surface area contributed by atoms with Gasteiger partial charge in [-0.3, -0.25) is 4.99 Å². The molecular formula is C19H28FN5O. The van der Waals surface area contributed by atoms with Crippen LogP contribution in [0.3, 0.4) is 0 Å². The number of hydrogen-bond acceptors (Lipinski definition) is 4. The number of aliphatic imine (C=N–C) groups is 1. The minimum Gasteiger partial charge on any atom is -0.385 e. The highest BCUT2D eigenvalue weighted by molar-refractivity contribution is 5.80. The van der Waals surface area contributed by atoms with Gasteiger partial charge in [-0.2, -0.15) is 5.26 Å². The van der Waals surface area contributed by atoms with Crippen LogP contribution in [0.25, 0.3) is 0 Å². The van der Waals surface area contributed by atoms with Gasteiger partial charge < -0.3 is 20.3 Å². The van der Waals surface area contributed by atoms with E-state index in [2.05, 4.69) is 20.5 Å². The zero-order chi connectivity index (χ0) is 18.8. The van der Waals surface area contributed by atoms with Gasteiger partial charge in [0.25, 0.3) is 0 Å². The Morgan fingerprint density at radius 1 is 1.42 bits per heavy atom. The highest BCUT2D eigenvalue weighted by atomic mass is 19.1. The molecule has 0 amide bonds. The number of guanidine groups is 1. The molecule has 0 atom stereocenters. The van der Waals surface area contributed by atoms with Crippen molar-refractivity contribution in [1.29, 1.82) is 5.26 Å². The molecule has 0 spiro atoms. The summed E-state index contributed by atoms with van der Waals surface area (Å²) in [6.07, 6.45) is 3.16. The molecule has 1 aliphatic rings. The van der Waals surface area contributed by atoms with Crippen LogP contribution in [0.5, 0.6) is 0 Å². The highest BCUT2D eigenvalue weighted by Gasteiger charge is 2.19. The average Bonchev–Trinajstić information content (AvgIpc) is 2.67. The molecule has 1 heterocycles. The summed E-state index contributed by atoms with van der Waals surface area (Å²) in [5.74, 6) is 0.334. The molecule has 0 aliphatic carbocycles. The lowest BCUT2D eigenvalue weighted by molar-refractivity contribution is 0.155. The van der Waals surface area contributed by atoms with Crippen molar-refractivity contribution in [2.75, 3.05) is 40.4 Å². The molecule has 0 radical (unpaired) electrons. The fourth-order valence-corrected chi connectivity index (χ4v) is 3.08. The topological polar surface area (TPSA) is 72.7 Å². The lowest BCUT2D eigenvalue weighted by Crippen LogP contribution is -2.48. The highest BCUT2D eigenvalue weighted by Crippen LogP contribution is 2.12. The van der Waals surface area contributed by atoms with Crippen molar-refractivity contribution in [3.63, 3.8) is 0 Å². The first kappa shape index (κ1) is 20.1. The van der Waals surface area contributed by atoms with Gasteiger partial charge in [-0.25, -0.2) is 4.39 Å². The minimum absolute atomic E-state index is 0.289. The Hall–Kier alpha value is -2.17. The Labute approximate surface area is 155 Å². The number of methoxy groups -OCH3 is 1. The summed E-state index contributed by atoms with van der Waals surface area (Å²) in [6, 6.07) is 6.75. The minimum atomic E-state index is -0.323. The van der Waals surface area contributed by atoms with Gasteiger partial charge in [0.1, 0.15) is 5.82 Å². The van der Waals surface area contributed by atoms with Crippen LogP contribution < -0.4 is 10.6 Å². The fraction of sp³-hybridized carbons (Fsp3) is 0.579. The predicted octanol–water partition coefficient (Wildman–Crippen LogP) is 1.86. The molecule has 1 saturated heterocycles. The largest absolute Gasteiger partial charge is 0.385 e. The number of nitrogens with zero attached hydrogens (tertiary/aromatic N) is 3. The Morgan fingerprint density at radius 3 is 2.85 bits per heavy atom. The van der Waals surface area contributed by atoms with Crippen LogP contribution in [-0.4, -0.2) is 57.3 Å². The molecular weight excluding hydrogens is 333 g/mol. The van der Waals surface area contributed by atoms with Gasteiger partial charge in [-0.1, -0.05) is 0 Å². The van der Waals surface area contributed by atoms with Gasteiger partial charge in [0, 0.05) is 58.5 Å². The zero-order valence-electron chi connectivity index (χ0n) is 15.6. The Balaban J connectivity index is 1.78. The van der Waals surface area contributed by atoms with Crippen molar-refractivity contribution in [3.05, 3.63) is 35.1 Å². The van der Waals surface area contributed by atoms with Gasteiger partial charge >= 0.3 is 0 Å². The maximum Gasteiger partial charge on any atom is 0.191 e. The summed E-state index contributed by atoms with van der Waals surface area (Å²) in [4.78, 5) is 6.68. The number of piperidine rings is 1. The van der Waals surface area contributed by atoms with E-state index in [1.165, 1.54) is 12.1 Å². The van der Waals surface area contributed by atoms with E-state index < -0.39 is 0 Å². The summed E-state index contributed by atoms with van der Waals surface area (Å²) in [6.45, 7) is 4.27. The predicted molar refractivity (Wildman–Crippen MR) is 100 cm³/mol. The summed E-state index contributed by atoms with van der Waals surface area (Å²) in [5, 5.41) is 15.5. The number of hydrogen-bond donors (Lipinski definition) is 2. The second-order valence-corrected chi connectivity index (χ2v) is 6.45. The molecule has 0 aromatic heterocycles. The van der Waals surface area contributed by atoms with Crippen LogP contribution in [0.1, 0.15) is 30.4 Å². The molecule has 2 N–H and O–H groups in total. The van der Waals surface area contributed by atoms with Crippen molar-refractivity contribution >= 4 is 5.96 Å². The standard InChI is InChI=1S/C19H28FN5O/c1-22-19(23-14-16-12-15(13-21)4-5-18(16)20)24-17-6-9-25(10-7-17)8-3-11-26-2/h4-5,12,17H,3,6-11,14H2,1-2H3,(H2,22,23,24). The van der Waals surface area contributed by atoms with E-state index in [1.54, 1.807) is 20.2 Å². The molecule has 6 nitrogen and oxygen atoms in total. The monoisotopic (exact) mass is 361 g/mol. The summed E-state index contributed by atoms with van der Waals surface area (Å²) < 4.78 is 19.0. The van der Waals surface area contributed by atoms with Crippen LogP contribution in [0.4, 0.5) is 4.39 Å². The lowest BCUT2D eigenvalue weighted by Gasteiger charge is -2.33. The zero-order valence-corrected chi connectivity index (χ0v) is 15.6. The van der Waals surface area contributed by atoms with E-state index in [0.29, 0.717) is 23.1 Å². The molecule has 0 saturated carbocycles. The molecule has 0 unspecified atom stereocenters. The Bertz CT molecular complexity index is 635. The number of nitrogens with one attached hydrogen (secondary N) is 2. The first-order valence-corrected chi connectivity index (χ1v) is 9.03. The molecule has 1 fully saturated rings. The molecule has 7 heteroatoms. The van der Waals surface area contributed by atoms with E-state index in [4.69, 9.17) is 10.00 Å². The normalized spacial score (nSPS) is 16.3. The SMILES string of the molecule is CN=C(NCc1cc(C#N)ccc1F)NC1CCN(CCCOC)CC1. The first-order valence-electron chi connectivity index (χ1n) is 9.03. The maximum absolute atomic E-state index is 13.9. The van der Waals surface area contributed by atoms with E-state index in [0.717, 1.165) is 45.5 Å². The van der Waals surface area contributed by atoms with Crippen molar-refractivity contribution in [3.8, 4) is 6.07 Å². The summed E-state index contributed by atoms with van der Waals surface area (Å²) >= 11 is 0. The Kier molecular flexibility index (Phi) is 8.32. The molecule has 142 valence electrons. The lowest BCUT2D eigenvalue weighted by atomic mass is 10.1. The van der Waals surface area contributed by atoms with Crippen LogP contribution in [0.15, 0.2) is 23.2 Å². The summed E-state index contributed by atoms with van der Waals surface area (Å²) in [7, 11) is 3.44. The number of benzene rings is 1. The second-order valence-electron chi connectivity index (χ2n) is 6.45. The number of likely N-dealkylation sites (tertiary alicyclic amines) is 1. The molecule has 26 heavy (non-hydrogen) atoms. The number of nitriles is 1. The van der Waals surface area contributed by atoms with Gasteiger partial charge in [-0.05, 0) is 37.5 Å². The van der Waals surface area contributed by atoms with Gasteiger partial charge in [-0.15, -0.1) is 0 Å². The quantitative estimate of drug-likeness (QED) is 0.441. The fourth-order valence-electron chi connectivity index (χ4n) is 3.08. The molecule has 2 rings (SSSR count). The molecule has 1 aromatic carbocycles. The van der Waals surface area contributed by atoms with Crippen LogP contribution >= 0.6 is 0 Å². The van der Waals surface area contributed by atoms with E-state index in [9.17, 15) is 4.39 Å². The molecule has 1 aromatic rings. The maximum atomic E-state index is 13.9. The van der Waals surface area contributed by atoms with Gasteiger partial charge in [0.2, 0.25) is 0 Å². The van der Waals surface area contributed by atoms with E-state index in [-0.39, 0.29) is 12.4 Å². The smallest absolute Gasteiger partial charge is 0.191 e. The number of ether oxygens (including phenoxy) is 1. The van der Waals surface area contributed by atoms with Crippen LogP contribution in [-0.2, 0) is 11.3 Å². The van der Waals surface area contributed by atoms with E-state index >= 15 is 0 Å². The third-order valence-electron chi connectivity index (χ3n) is 4.60. The number of halogens is 1. The molecule has 0 bridgehead atoms. The number of rotatable bonds is 7. The van der Waals surface area contributed by atoms with Crippen molar-refractivity contribution < 1.29 is 9.13 Å². The second kappa shape index (κ2) is 10.7. The van der Waals surface area contributed by atoms with E-state index in [1.807, 2.05) is 6.07 Å². The van der Waals surface area contributed by atoms with Gasteiger partial charge in [0.15, 0.2) is 5.96 Å². The Morgan fingerprint density at radius 2 is 2.19 bits per heavy atom. The average molecular weight is 361 g/mol. The van der Waals surface area contributed by atoms with Crippen LogP contribution in [0, 0.1) is 17.1 Å². The van der Waals surface area contributed by atoms with Crippen molar-refractivity contribution in [2.24, 2.45) is 4.99 Å². The van der Waals surface area contributed by atoms with Gasteiger partial charge in [0.05, 0.1) is 11.6 Å². The third-order valence-corrected chi connectivity index (χ3v) is 4.60. The molecule has 1 aliphatic heterocycles. The van der Waals surface area contributed by atoms with Crippen molar-refractivity contribution in [2.45, 2.75) is 31.8 Å². The third kappa shape index (κ3) is 6.28. The first-order chi connectivity index (χ1) is 12.7.